The summed E-state index contributed by atoms with van der Waals surface area (Å²) in [7, 11) is 0. The first-order valence-electron chi connectivity index (χ1n) is 5.74. The first-order chi connectivity index (χ1) is 7.14. The Morgan fingerprint density at radius 3 is 2.53 bits per heavy atom. The molecule has 1 aromatic rings. The van der Waals surface area contributed by atoms with Crippen LogP contribution in [0.4, 0.5) is 0 Å². The molecule has 1 unspecified atom stereocenters. The minimum absolute atomic E-state index is 0.267. The van der Waals surface area contributed by atoms with Gasteiger partial charge in [0.05, 0.1) is 10.2 Å². The first kappa shape index (κ1) is 13.2. The van der Waals surface area contributed by atoms with Crippen LogP contribution in [0.5, 0.6) is 0 Å². The summed E-state index contributed by atoms with van der Waals surface area (Å²) >= 11 is 5.17. The van der Waals surface area contributed by atoms with Crippen molar-refractivity contribution in [3.05, 3.63) is 15.5 Å². The van der Waals surface area contributed by atoms with E-state index in [1.165, 1.54) is 42.3 Å². The molecule has 3 heteroatoms. The molecule has 1 atom stereocenters. The molecule has 0 N–H and O–H groups in total. The largest absolute Gasteiger partial charge is 0.196 e. The Morgan fingerprint density at radius 1 is 1.33 bits per heavy atom. The molecule has 0 saturated carbocycles. The molecular formula is C12H20BrNS. The maximum absolute atomic E-state index is 4.55. The number of nitrogens with zero attached hydrogens (tertiary/aromatic N) is 1. The SMILES string of the molecule is CCCCC(C)(CCC)c1nscc1Br. The van der Waals surface area contributed by atoms with E-state index >= 15 is 0 Å². The van der Waals surface area contributed by atoms with Crippen LogP contribution in [0.25, 0.3) is 0 Å². The van der Waals surface area contributed by atoms with E-state index in [-0.39, 0.29) is 5.41 Å². The Hall–Kier alpha value is 0.110. The fourth-order valence-corrected chi connectivity index (χ4v) is 3.72. The quantitative estimate of drug-likeness (QED) is 0.705. The van der Waals surface area contributed by atoms with Gasteiger partial charge in [0.25, 0.3) is 0 Å². The monoisotopic (exact) mass is 289 g/mol. The third-order valence-electron chi connectivity index (χ3n) is 2.98. The molecular weight excluding hydrogens is 270 g/mol. The van der Waals surface area contributed by atoms with Crippen molar-refractivity contribution in [1.82, 2.24) is 4.37 Å². The number of halogens is 1. The second kappa shape index (κ2) is 6.00. The van der Waals surface area contributed by atoms with Gasteiger partial charge in [0.15, 0.2) is 0 Å². The smallest absolute Gasteiger partial charge is 0.0742 e. The Labute approximate surface area is 106 Å². The van der Waals surface area contributed by atoms with E-state index < -0.39 is 0 Å². The van der Waals surface area contributed by atoms with Gasteiger partial charge in [-0.05, 0) is 40.3 Å². The van der Waals surface area contributed by atoms with Crippen LogP contribution in [0.15, 0.2) is 9.85 Å². The molecule has 0 radical (unpaired) electrons. The van der Waals surface area contributed by atoms with Crippen LogP contribution in [0.2, 0.25) is 0 Å². The van der Waals surface area contributed by atoms with Crippen LogP contribution in [0, 0.1) is 0 Å². The van der Waals surface area contributed by atoms with Crippen molar-refractivity contribution in [1.29, 1.82) is 0 Å². The molecule has 1 rings (SSSR count). The first-order valence-corrected chi connectivity index (χ1v) is 7.37. The summed E-state index contributed by atoms with van der Waals surface area (Å²) in [5, 5.41) is 2.09. The topological polar surface area (TPSA) is 12.9 Å². The van der Waals surface area contributed by atoms with Crippen molar-refractivity contribution in [2.24, 2.45) is 0 Å². The number of rotatable bonds is 6. The molecule has 0 spiro atoms. The molecule has 0 saturated heterocycles. The summed E-state index contributed by atoms with van der Waals surface area (Å²) in [5.74, 6) is 0. The minimum atomic E-state index is 0.267. The average molecular weight is 290 g/mol. The summed E-state index contributed by atoms with van der Waals surface area (Å²) in [6.07, 6.45) is 6.26. The Bertz CT molecular complexity index is 298. The van der Waals surface area contributed by atoms with Crippen LogP contribution in [0.3, 0.4) is 0 Å². The molecule has 1 heterocycles. The van der Waals surface area contributed by atoms with Crippen LogP contribution in [0.1, 0.15) is 58.6 Å². The van der Waals surface area contributed by atoms with E-state index in [4.69, 9.17) is 0 Å². The lowest BCUT2D eigenvalue weighted by Gasteiger charge is -2.28. The van der Waals surface area contributed by atoms with E-state index in [2.05, 4.69) is 46.5 Å². The van der Waals surface area contributed by atoms with E-state index in [0.29, 0.717) is 0 Å². The van der Waals surface area contributed by atoms with E-state index in [9.17, 15) is 0 Å². The highest BCUT2D eigenvalue weighted by molar-refractivity contribution is 9.10. The average Bonchev–Trinajstić information content (AvgIpc) is 2.62. The lowest BCUT2D eigenvalue weighted by Crippen LogP contribution is -2.22. The molecule has 1 nitrogen and oxygen atoms in total. The maximum atomic E-state index is 4.55. The molecule has 0 amide bonds. The fourth-order valence-electron chi connectivity index (χ4n) is 2.10. The second-order valence-corrected chi connectivity index (χ2v) is 5.91. The van der Waals surface area contributed by atoms with Gasteiger partial charge in [-0.15, -0.1) is 0 Å². The number of hydrogen-bond donors (Lipinski definition) is 0. The second-order valence-electron chi connectivity index (χ2n) is 4.43. The van der Waals surface area contributed by atoms with Gasteiger partial charge in [-0.1, -0.05) is 40.0 Å². The molecule has 0 aliphatic heterocycles. The van der Waals surface area contributed by atoms with Crippen molar-refractivity contribution < 1.29 is 0 Å². The van der Waals surface area contributed by atoms with E-state index in [1.54, 1.807) is 11.5 Å². The van der Waals surface area contributed by atoms with Crippen molar-refractivity contribution in [2.45, 2.75) is 58.3 Å². The lowest BCUT2D eigenvalue weighted by molar-refractivity contribution is 0.374. The van der Waals surface area contributed by atoms with Crippen molar-refractivity contribution in [2.75, 3.05) is 0 Å². The lowest BCUT2D eigenvalue weighted by atomic mass is 9.78. The highest BCUT2D eigenvalue weighted by Crippen LogP contribution is 2.38. The Morgan fingerprint density at radius 2 is 2.07 bits per heavy atom. The fraction of sp³-hybridized carbons (Fsp3) is 0.750. The third kappa shape index (κ3) is 3.28. The molecule has 86 valence electrons. The van der Waals surface area contributed by atoms with Gasteiger partial charge in [-0.3, -0.25) is 0 Å². The zero-order valence-corrected chi connectivity index (χ0v) is 12.2. The van der Waals surface area contributed by atoms with E-state index in [1.807, 2.05) is 0 Å². The van der Waals surface area contributed by atoms with Crippen molar-refractivity contribution in [3.63, 3.8) is 0 Å². The van der Waals surface area contributed by atoms with Crippen LogP contribution < -0.4 is 0 Å². The number of aromatic nitrogens is 1. The molecule has 0 aliphatic carbocycles. The number of unbranched alkanes of at least 4 members (excludes halogenated alkanes) is 1. The van der Waals surface area contributed by atoms with Gasteiger partial charge in [-0.25, -0.2) is 0 Å². The standard InChI is InChI=1S/C12H20BrNS/c1-4-6-8-12(3,7-5-2)11-10(13)9-15-14-11/h9H,4-8H2,1-3H3. The van der Waals surface area contributed by atoms with Crippen LogP contribution in [-0.2, 0) is 5.41 Å². The summed E-state index contributed by atoms with van der Waals surface area (Å²) < 4.78 is 5.75. The highest BCUT2D eigenvalue weighted by atomic mass is 79.9. The molecule has 15 heavy (non-hydrogen) atoms. The normalized spacial score (nSPS) is 15.2. The van der Waals surface area contributed by atoms with Gasteiger partial charge in [0.1, 0.15) is 0 Å². The van der Waals surface area contributed by atoms with Crippen LogP contribution >= 0.6 is 27.5 Å². The molecule has 1 aromatic heterocycles. The third-order valence-corrected chi connectivity index (χ3v) is 4.52. The zero-order valence-electron chi connectivity index (χ0n) is 9.85. The zero-order chi connectivity index (χ0) is 11.3. The molecule has 0 bridgehead atoms. The summed E-state index contributed by atoms with van der Waals surface area (Å²) in [6, 6.07) is 0. The molecule has 0 aromatic carbocycles. The predicted octanol–water partition coefficient (Wildman–Crippen LogP) is 5.15. The Balaban J connectivity index is 2.85. The minimum Gasteiger partial charge on any atom is -0.196 e. The summed E-state index contributed by atoms with van der Waals surface area (Å²) in [5.41, 5.74) is 1.53. The van der Waals surface area contributed by atoms with E-state index in [0.717, 1.165) is 0 Å². The highest BCUT2D eigenvalue weighted by Gasteiger charge is 2.29. The maximum Gasteiger partial charge on any atom is 0.0742 e. The molecule has 0 aliphatic rings. The van der Waals surface area contributed by atoms with Gasteiger partial charge < -0.3 is 0 Å². The van der Waals surface area contributed by atoms with Gasteiger partial charge in [0.2, 0.25) is 0 Å². The molecule has 0 fully saturated rings. The summed E-state index contributed by atoms with van der Waals surface area (Å²) in [6.45, 7) is 6.86. The van der Waals surface area contributed by atoms with Gasteiger partial charge in [-0.2, -0.15) is 4.37 Å². The number of hydrogen-bond acceptors (Lipinski definition) is 2. The van der Waals surface area contributed by atoms with Crippen molar-refractivity contribution >= 4 is 27.5 Å². The van der Waals surface area contributed by atoms with Crippen molar-refractivity contribution in [3.8, 4) is 0 Å². The Kier molecular flexibility index (Phi) is 5.27. The van der Waals surface area contributed by atoms with Gasteiger partial charge >= 0.3 is 0 Å². The summed E-state index contributed by atoms with van der Waals surface area (Å²) in [4.78, 5) is 0. The predicted molar refractivity (Wildman–Crippen MR) is 71.6 cm³/mol. The van der Waals surface area contributed by atoms with Crippen LogP contribution in [-0.4, -0.2) is 4.37 Å². The van der Waals surface area contributed by atoms with Gasteiger partial charge in [0, 0.05) is 10.8 Å².